The Bertz CT molecular complexity index is 1800. The summed E-state index contributed by atoms with van der Waals surface area (Å²) in [5.41, 5.74) is 9.49. The van der Waals surface area contributed by atoms with E-state index in [1.54, 1.807) is 36.9 Å². The van der Waals surface area contributed by atoms with E-state index in [0.29, 0.717) is 52.4 Å². The number of aromatic nitrogens is 4. The van der Waals surface area contributed by atoms with Crippen LogP contribution in [0.3, 0.4) is 0 Å². The molecule has 2 saturated carbocycles. The SMILES string of the molecule is COc1cc(C(=O)NC[C@H](c2cc3c(c(-c4ccnc(Cl)c4Cl)n2)OC[C@]3(C)C(N)=O)C2CC2)cc2cc(C3CC3)nn12. The lowest BCUT2D eigenvalue weighted by atomic mass is 9.82. The van der Waals surface area contributed by atoms with Crippen molar-refractivity contribution in [3.63, 3.8) is 0 Å². The molecule has 2 amide bonds. The van der Waals surface area contributed by atoms with Gasteiger partial charge in [-0.05, 0) is 62.8 Å². The van der Waals surface area contributed by atoms with Crippen molar-refractivity contribution in [2.75, 3.05) is 20.3 Å². The molecule has 0 radical (unpaired) electrons. The van der Waals surface area contributed by atoms with Crippen LogP contribution in [0.1, 0.15) is 71.8 Å². The van der Waals surface area contributed by atoms with Crippen LogP contribution >= 0.6 is 23.2 Å². The first-order valence-corrected chi connectivity index (χ1v) is 15.1. The highest BCUT2D eigenvalue weighted by molar-refractivity contribution is 6.43. The molecule has 5 heterocycles. The number of ether oxygens (including phenoxy) is 2. The minimum Gasteiger partial charge on any atom is -0.489 e. The predicted octanol–water partition coefficient (Wildman–Crippen LogP) is 5.04. The Balaban J connectivity index is 1.23. The van der Waals surface area contributed by atoms with Crippen LogP contribution in [0.15, 0.2) is 36.5 Å². The van der Waals surface area contributed by atoms with Crippen LogP contribution in [-0.2, 0) is 10.2 Å². The number of primary amides is 1. The Morgan fingerprint density at radius 3 is 2.70 bits per heavy atom. The number of hydrogen-bond acceptors (Lipinski definition) is 7. The molecule has 0 unspecified atom stereocenters. The molecular weight excluding hydrogens is 591 g/mol. The number of nitrogens with zero attached hydrogens (tertiary/aromatic N) is 4. The maximum absolute atomic E-state index is 13.5. The minimum atomic E-state index is -1.06. The molecule has 2 fully saturated rings. The topological polar surface area (TPSA) is 134 Å². The third kappa shape index (κ3) is 4.86. The van der Waals surface area contributed by atoms with E-state index in [-0.39, 0.29) is 28.6 Å². The van der Waals surface area contributed by atoms with Crippen molar-refractivity contribution >= 4 is 40.5 Å². The number of carbonyl (C=O) groups excluding carboxylic acids is 2. The van der Waals surface area contributed by atoms with Crippen molar-refractivity contribution in [2.24, 2.45) is 11.7 Å². The van der Waals surface area contributed by atoms with Crippen molar-refractivity contribution in [3.05, 3.63) is 69.2 Å². The highest BCUT2D eigenvalue weighted by Crippen LogP contribution is 2.49. The zero-order chi connectivity index (χ0) is 30.0. The number of amides is 2. The zero-order valence-electron chi connectivity index (χ0n) is 23.7. The standard InChI is InChI=1S/C31H30Cl2N6O4/c1-31(30(34)41)14-43-27-21(31)12-23(37-26(27)19-7-8-35-28(33)25(19)32)20(15-3-4-15)13-36-29(40)17-9-18-11-22(16-5-6-16)38-39(18)24(10-17)42-2/h7-12,15-16,20H,3-6,13-14H2,1-2H3,(H2,34,41)(H,36,40)/t20-,31-/m0/s1. The van der Waals surface area contributed by atoms with Gasteiger partial charge in [-0.15, -0.1) is 0 Å². The van der Waals surface area contributed by atoms with E-state index in [0.717, 1.165) is 42.6 Å². The molecule has 0 saturated heterocycles. The number of methoxy groups -OCH3 is 1. The Labute approximate surface area is 257 Å². The van der Waals surface area contributed by atoms with Gasteiger partial charge in [0.25, 0.3) is 5.91 Å². The molecule has 0 bridgehead atoms. The summed E-state index contributed by atoms with van der Waals surface area (Å²) in [4.78, 5) is 35.2. The lowest BCUT2D eigenvalue weighted by molar-refractivity contribution is -0.123. The van der Waals surface area contributed by atoms with E-state index in [2.05, 4.69) is 15.4 Å². The van der Waals surface area contributed by atoms with Gasteiger partial charge in [-0.3, -0.25) is 9.59 Å². The third-order valence-corrected chi connectivity index (χ3v) is 9.57. The summed E-state index contributed by atoms with van der Waals surface area (Å²) >= 11 is 12.8. The van der Waals surface area contributed by atoms with Gasteiger partial charge in [0.1, 0.15) is 28.6 Å². The Morgan fingerprint density at radius 2 is 2.00 bits per heavy atom. The van der Waals surface area contributed by atoms with E-state index in [1.807, 2.05) is 18.2 Å². The maximum atomic E-state index is 13.5. The number of carbonyl (C=O) groups is 2. The van der Waals surface area contributed by atoms with Crippen LogP contribution in [0, 0.1) is 5.92 Å². The number of nitrogens with one attached hydrogen (secondary N) is 1. The summed E-state index contributed by atoms with van der Waals surface area (Å²) < 4.78 is 13.3. The molecule has 4 aromatic rings. The first kappa shape index (κ1) is 27.9. The van der Waals surface area contributed by atoms with Crippen molar-refractivity contribution < 1.29 is 19.1 Å². The van der Waals surface area contributed by atoms with Crippen LogP contribution in [0.2, 0.25) is 10.2 Å². The number of hydrogen-bond donors (Lipinski definition) is 2. The van der Waals surface area contributed by atoms with Crippen molar-refractivity contribution in [1.29, 1.82) is 0 Å². The second kappa shape index (κ2) is 10.4. The lowest BCUT2D eigenvalue weighted by Crippen LogP contribution is -2.40. The molecular formula is C31H30Cl2N6O4. The maximum Gasteiger partial charge on any atom is 0.251 e. The average Bonchev–Trinajstić information content (AvgIpc) is 3.94. The van der Waals surface area contributed by atoms with Crippen LogP contribution in [0.4, 0.5) is 0 Å². The highest BCUT2D eigenvalue weighted by Gasteiger charge is 2.45. The van der Waals surface area contributed by atoms with Gasteiger partial charge in [0.05, 0.1) is 23.3 Å². The van der Waals surface area contributed by atoms with Crippen LogP contribution in [0.25, 0.3) is 16.8 Å². The first-order chi connectivity index (χ1) is 20.7. The van der Waals surface area contributed by atoms with Crippen molar-refractivity contribution in [3.8, 4) is 22.9 Å². The number of halogens is 2. The van der Waals surface area contributed by atoms with E-state index in [4.69, 9.17) is 43.4 Å². The molecule has 43 heavy (non-hydrogen) atoms. The summed E-state index contributed by atoms with van der Waals surface area (Å²) in [5.74, 6) is 0.881. The normalized spacial score (nSPS) is 20.0. The monoisotopic (exact) mass is 620 g/mol. The first-order valence-electron chi connectivity index (χ1n) is 14.3. The molecule has 4 aromatic heterocycles. The van der Waals surface area contributed by atoms with E-state index in [9.17, 15) is 9.59 Å². The largest absolute Gasteiger partial charge is 0.489 e. The van der Waals surface area contributed by atoms with Crippen molar-refractivity contribution in [2.45, 2.75) is 49.9 Å². The molecule has 2 atom stereocenters. The zero-order valence-corrected chi connectivity index (χ0v) is 25.2. The van der Waals surface area contributed by atoms with E-state index < -0.39 is 11.3 Å². The summed E-state index contributed by atoms with van der Waals surface area (Å²) in [7, 11) is 1.57. The summed E-state index contributed by atoms with van der Waals surface area (Å²) in [6.45, 7) is 2.19. The molecule has 0 aromatic carbocycles. The van der Waals surface area contributed by atoms with E-state index >= 15 is 0 Å². The Kier molecular flexibility index (Phi) is 6.74. The van der Waals surface area contributed by atoms with Gasteiger partial charge >= 0.3 is 0 Å². The van der Waals surface area contributed by atoms with Crippen LogP contribution in [0.5, 0.6) is 11.6 Å². The van der Waals surface area contributed by atoms with Gasteiger partial charge in [-0.1, -0.05) is 23.2 Å². The van der Waals surface area contributed by atoms with Gasteiger partial charge in [0.2, 0.25) is 11.8 Å². The van der Waals surface area contributed by atoms with E-state index in [1.165, 1.54) is 0 Å². The lowest BCUT2D eigenvalue weighted by Gasteiger charge is -2.22. The molecule has 222 valence electrons. The van der Waals surface area contributed by atoms with Gasteiger partial charge in [0, 0.05) is 53.0 Å². The predicted molar refractivity (Wildman–Crippen MR) is 161 cm³/mol. The van der Waals surface area contributed by atoms with Crippen LogP contribution < -0.4 is 20.5 Å². The molecule has 10 nitrogen and oxygen atoms in total. The minimum absolute atomic E-state index is 0.0818. The fourth-order valence-electron chi connectivity index (χ4n) is 5.84. The van der Waals surface area contributed by atoms with Crippen molar-refractivity contribution in [1.82, 2.24) is 24.9 Å². The number of rotatable bonds is 9. The molecule has 1 aliphatic heterocycles. The molecule has 0 spiro atoms. The Hall–Kier alpha value is -3.89. The molecule has 3 aliphatic rings. The second-order valence-electron chi connectivity index (χ2n) is 11.8. The number of fused-ring (bicyclic) bond motifs is 2. The molecule has 3 N–H and O–H groups in total. The second-order valence-corrected chi connectivity index (χ2v) is 12.6. The smallest absolute Gasteiger partial charge is 0.251 e. The van der Waals surface area contributed by atoms with Gasteiger partial charge in [0.15, 0.2) is 0 Å². The third-order valence-electron chi connectivity index (χ3n) is 8.81. The van der Waals surface area contributed by atoms with Crippen LogP contribution in [-0.4, -0.2) is 51.7 Å². The fraction of sp³-hybridized carbons (Fsp3) is 0.387. The van der Waals surface area contributed by atoms with Gasteiger partial charge in [-0.25, -0.2) is 14.5 Å². The molecule has 2 aliphatic carbocycles. The highest BCUT2D eigenvalue weighted by atomic mass is 35.5. The number of nitrogens with two attached hydrogens (primary N) is 1. The molecule has 7 rings (SSSR count). The van der Waals surface area contributed by atoms with Gasteiger partial charge in [-0.2, -0.15) is 5.10 Å². The Morgan fingerprint density at radius 1 is 1.21 bits per heavy atom. The summed E-state index contributed by atoms with van der Waals surface area (Å²) in [5, 5.41) is 8.17. The summed E-state index contributed by atoms with van der Waals surface area (Å²) in [6, 6.07) is 9.16. The fourth-order valence-corrected chi connectivity index (χ4v) is 6.20. The average molecular weight is 622 g/mol. The molecule has 12 heteroatoms. The van der Waals surface area contributed by atoms with Gasteiger partial charge < -0.3 is 20.5 Å². The quantitative estimate of drug-likeness (QED) is 0.250. The number of pyridine rings is 3. The summed E-state index contributed by atoms with van der Waals surface area (Å²) in [6.07, 6.45) is 5.81.